The molecular weight excluding hydrogens is 394 g/mol. The summed E-state index contributed by atoms with van der Waals surface area (Å²) in [6.45, 7) is 1.21. The number of hydrogen-bond acceptors (Lipinski definition) is 6. The number of carbonyl (C=O) groups is 1. The summed E-state index contributed by atoms with van der Waals surface area (Å²) in [5.41, 5.74) is -0.405. The molecule has 0 N–H and O–H groups in total. The molecule has 1 aromatic carbocycles. The highest BCUT2D eigenvalue weighted by Crippen LogP contribution is 2.48. The molecule has 3 aliphatic rings. The number of aromatic nitrogens is 2. The highest BCUT2D eigenvalue weighted by Gasteiger charge is 2.58. The number of halogens is 2. The molecule has 2 unspecified atom stereocenters. The number of piperidine rings is 1. The minimum atomic E-state index is -0.886. The van der Waals surface area contributed by atoms with Crippen LogP contribution in [0.3, 0.4) is 0 Å². The SMILES string of the molecule is COc1cc(N2CCC3(CC2)OC2CCC(c4cc(F)cc(F)c4)N2C3=O)ncn1. The molecule has 7 nitrogen and oxygen atoms in total. The van der Waals surface area contributed by atoms with Gasteiger partial charge in [0.15, 0.2) is 5.60 Å². The Morgan fingerprint density at radius 3 is 2.53 bits per heavy atom. The average molecular weight is 416 g/mol. The maximum atomic E-state index is 13.7. The summed E-state index contributed by atoms with van der Waals surface area (Å²) in [6, 6.07) is 4.86. The number of rotatable bonds is 3. The Kier molecular flexibility index (Phi) is 4.57. The molecule has 0 bridgehead atoms. The maximum Gasteiger partial charge on any atom is 0.257 e. The van der Waals surface area contributed by atoms with Crippen molar-refractivity contribution in [3.8, 4) is 5.88 Å². The number of benzene rings is 1. The van der Waals surface area contributed by atoms with Crippen molar-refractivity contribution in [2.24, 2.45) is 0 Å². The van der Waals surface area contributed by atoms with Gasteiger partial charge in [-0.3, -0.25) is 4.79 Å². The molecular formula is C21H22F2N4O3. The zero-order valence-corrected chi connectivity index (χ0v) is 16.6. The molecule has 1 amide bonds. The van der Waals surface area contributed by atoms with Crippen LogP contribution in [0.5, 0.6) is 5.88 Å². The van der Waals surface area contributed by atoms with Gasteiger partial charge in [-0.2, -0.15) is 0 Å². The Hall–Kier alpha value is -2.81. The van der Waals surface area contributed by atoms with Crippen LogP contribution >= 0.6 is 0 Å². The van der Waals surface area contributed by atoms with Gasteiger partial charge in [0.1, 0.15) is 30.0 Å². The van der Waals surface area contributed by atoms with Crippen LogP contribution in [0.15, 0.2) is 30.6 Å². The van der Waals surface area contributed by atoms with Gasteiger partial charge in [-0.05, 0) is 30.5 Å². The third kappa shape index (κ3) is 3.08. The van der Waals surface area contributed by atoms with E-state index in [-0.39, 0.29) is 18.2 Å². The fourth-order valence-electron chi connectivity index (χ4n) is 4.85. The van der Waals surface area contributed by atoms with Crippen LogP contribution in [0, 0.1) is 11.6 Å². The van der Waals surface area contributed by atoms with Gasteiger partial charge in [0.05, 0.1) is 13.2 Å². The molecule has 2 aromatic rings. The molecule has 9 heteroatoms. The lowest BCUT2D eigenvalue weighted by Gasteiger charge is -2.38. The highest BCUT2D eigenvalue weighted by atomic mass is 19.1. The van der Waals surface area contributed by atoms with Crippen molar-refractivity contribution in [3.05, 3.63) is 47.8 Å². The molecule has 3 fully saturated rings. The molecule has 1 aromatic heterocycles. The first kappa shape index (κ1) is 19.2. The number of ether oxygens (including phenoxy) is 2. The van der Waals surface area contributed by atoms with Gasteiger partial charge in [0, 0.05) is 38.1 Å². The summed E-state index contributed by atoms with van der Waals surface area (Å²) in [4.78, 5) is 25.5. The van der Waals surface area contributed by atoms with E-state index in [1.165, 1.54) is 18.5 Å². The van der Waals surface area contributed by atoms with Crippen LogP contribution in [0.2, 0.25) is 0 Å². The van der Waals surface area contributed by atoms with Crippen molar-refractivity contribution >= 4 is 11.7 Å². The molecule has 0 aliphatic carbocycles. The third-order valence-corrected chi connectivity index (χ3v) is 6.32. The van der Waals surface area contributed by atoms with Crippen molar-refractivity contribution < 1.29 is 23.0 Å². The lowest BCUT2D eigenvalue weighted by atomic mass is 9.89. The molecule has 0 saturated carbocycles. The number of methoxy groups -OCH3 is 1. The van der Waals surface area contributed by atoms with E-state index in [9.17, 15) is 13.6 Å². The highest BCUT2D eigenvalue weighted by molar-refractivity contribution is 5.88. The molecule has 4 heterocycles. The summed E-state index contributed by atoms with van der Waals surface area (Å²) in [5.74, 6) is -0.122. The van der Waals surface area contributed by atoms with E-state index in [0.29, 0.717) is 50.2 Å². The molecule has 3 aliphatic heterocycles. The first-order valence-electron chi connectivity index (χ1n) is 10.1. The topological polar surface area (TPSA) is 67.8 Å². The van der Waals surface area contributed by atoms with Crippen molar-refractivity contribution in [3.63, 3.8) is 0 Å². The van der Waals surface area contributed by atoms with Crippen molar-refractivity contribution in [2.45, 2.75) is 43.6 Å². The van der Waals surface area contributed by atoms with Gasteiger partial charge in [0.2, 0.25) is 5.88 Å². The molecule has 30 heavy (non-hydrogen) atoms. The molecule has 3 saturated heterocycles. The second kappa shape index (κ2) is 7.16. The van der Waals surface area contributed by atoms with Crippen LogP contribution < -0.4 is 9.64 Å². The summed E-state index contributed by atoms with van der Waals surface area (Å²) >= 11 is 0. The lowest BCUT2D eigenvalue weighted by molar-refractivity contribution is -0.140. The van der Waals surface area contributed by atoms with Crippen molar-refractivity contribution in [2.75, 3.05) is 25.1 Å². The van der Waals surface area contributed by atoms with Gasteiger partial charge < -0.3 is 19.3 Å². The Morgan fingerprint density at radius 1 is 1.10 bits per heavy atom. The zero-order chi connectivity index (χ0) is 20.9. The Morgan fingerprint density at radius 2 is 1.83 bits per heavy atom. The van der Waals surface area contributed by atoms with Gasteiger partial charge in [0.25, 0.3) is 5.91 Å². The van der Waals surface area contributed by atoms with Gasteiger partial charge >= 0.3 is 0 Å². The van der Waals surface area contributed by atoms with E-state index in [1.54, 1.807) is 18.1 Å². The maximum absolute atomic E-state index is 13.7. The fourth-order valence-corrected chi connectivity index (χ4v) is 4.85. The van der Waals surface area contributed by atoms with Crippen LogP contribution in [0.25, 0.3) is 0 Å². The van der Waals surface area contributed by atoms with E-state index in [2.05, 4.69) is 14.9 Å². The first-order chi connectivity index (χ1) is 14.5. The summed E-state index contributed by atoms with van der Waals surface area (Å²) in [6.07, 6.45) is 3.43. The van der Waals surface area contributed by atoms with Crippen molar-refractivity contribution in [1.29, 1.82) is 0 Å². The number of carbonyl (C=O) groups excluding carboxylic acids is 1. The van der Waals surface area contributed by atoms with Gasteiger partial charge in [-0.15, -0.1) is 0 Å². The quantitative estimate of drug-likeness (QED) is 0.767. The number of nitrogens with zero attached hydrogens (tertiary/aromatic N) is 4. The van der Waals surface area contributed by atoms with Gasteiger partial charge in [-0.1, -0.05) is 0 Å². The third-order valence-electron chi connectivity index (χ3n) is 6.32. The standard InChI is InChI=1S/C21H22F2N4O3/c1-29-18-11-17(24-12-25-18)26-6-4-21(5-7-26)20(28)27-16(2-3-19(27)30-21)13-8-14(22)10-15(23)9-13/h8-12,16,19H,2-7H2,1H3. The predicted molar refractivity (Wildman–Crippen MR) is 103 cm³/mol. The fraction of sp³-hybridized carbons (Fsp3) is 0.476. The first-order valence-corrected chi connectivity index (χ1v) is 10.1. The number of fused-ring (bicyclic) bond motifs is 1. The molecule has 2 atom stereocenters. The summed E-state index contributed by atoms with van der Waals surface area (Å²) < 4.78 is 38.9. The number of anilines is 1. The lowest BCUT2D eigenvalue weighted by Crippen LogP contribution is -2.50. The van der Waals surface area contributed by atoms with E-state index < -0.39 is 17.2 Å². The minimum absolute atomic E-state index is 0.0837. The molecule has 0 radical (unpaired) electrons. The Labute approximate surface area is 172 Å². The van der Waals surface area contributed by atoms with Crippen molar-refractivity contribution in [1.82, 2.24) is 14.9 Å². The van der Waals surface area contributed by atoms with E-state index in [4.69, 9.17) is 9.47 Å². The Balaban J connectivity index is 1.33. The smallest absolute Gasteiger partial charge is 0.257 e. The van der Waals surface area contributed by atoms with E-state index >= 15 is 0 Å². The van der Waals surface area contributed by atoms with Crippen LogP contribution in [0.1, 0.15) is 37.3 Å². The van der Waals surface area contributed by atoms with Crippen LogP contribution in [0.4, 0.5) is 14.6 Å². The van der Waals surface area contributed by atoms with Gasteiger partial charge in [-0.25, -0.2) is 18.7 Å². The monoisotopic (exact) mass is 416 g/mol. The average Bonchev–Trinajstić information content (AvgIpc) is 3.26. The van der Waals surface area contributed by atoms with E-state index in [0.717, 1.165) is 11.9 Å². The molecule has 5 rings (SSSR count). The van der Waals surface area contributed by atoms with E-state index in [1.807, 2.05) is 0 Å². The molecule has 158 valence electrons. The summed E-state index contributed by atoms with van der Waals surface area (Å²) in [5, 5.41) is 0. The second-order valence-electron chi connectivity index (χ2n) is 7.98. The summed E-state index contributed by atoms with van der Waals surface area (Å²) in [7, 11) is 1.55. The predicted octanol–water partition coefficient (Wildman–Crippen LogP) is 2.82. The molecule has 1 spiro atoms. The second-order valence-corrected chi connectivity index (χ2v) is 7.98. The largest absolute Gasteiger partial charge is 0.481 e. The number of hydrogen-bond donors (Lipinski definition) is 0. The van der Waals surface area contributed by atoms with Crippen LogP contribution in [-0.4, -0.2) is 52.8 Å². The minimum Gasteiger partial charge on any atom is -0.481 e. The zero-order valence-electron chi connectivity index (χ0n) is 16.6. The van der Waals surface area contributed by atoms with Crippen LogP contribution in [-0.2, 0) is 9.53 Å². The Bertz CT molecular complexity index is 960. The number of amides is 1. The normalized spacial score (nSPS) is 25.1.